The van der Waals surface area contributed by atoms with Gasteiger partial charge in [-0.1, -0.05) is 0 Å². The van der Waals surface area contributed by atoms with Gasteiger partial charge in [-0.15, -0.1) is 0 Å². The van der Waals surface area contributed by atoms with E-state index in [1.54, 1.807) is 25.1 Å². The number of rotatable bonds is 4. The van der Waals surface area contributed by atoms with E-state index in [2.05, 4.69) is 25.7 Å². The Morgan fingerprint density at radius 1 is 1.16 bits per heavy atom. The van der Waals surface area contributed by atoms with Gasteiger partial charge in [0, 0.05) is 23.9 Å². The Morgan fingerprint density at radius 2 is 1.84 bits per heavy atom. The fourth-order valence-electron chi connectivity index (χ4n) is 2.26. The maximum Gasteiger partial charge on any atom is 0.323 e. The van der Waals surface area contributed by atoms with Crippen molar-refractivity contribution >= 4 is 23.2 Å². The number of aromatic nitrogens is 4. The maximum absolute atomic E-state index is 12.4. The molecule has 3 rings (SSSR count). The molecular formula is C15H16N6O4. The fraction of sp³-hybridized carbons (Fsp3) is 0.200. The first-order valence-electron chi connectivity index (χ1n) is 7.25. The van der Waals surface area contributed by atoms with E-state index in [-0.39, 0.29) is 11.5 Å². The first kappa shape index (κ1) is 16.3. The summed E-state index contributed by atoms with van der Waals surface area (Å²) < 4.78 is 11.4. The van der Waals surface area contributed by atoms with Gasteiger partial charge >= 0.3 is 6.03 Å². The standard InChI is InChI=1S/C15H16N6O4/c1-8-12(13(22)21-14(18-8)16-7-17-21)20-15(23)19-9-4-10(24-2)6-11(5-9)25-3/h4-7H,1-3H3,(H,16,17,18)(H2,19,20,23). The molecule has 2 heterocycles. The minimum absolute atomic E-state index is 0.0501. The number of nitrogens with zero attached hydrogens (tertiary/aromatic N) is 3. The number of urea groups is 1. The van der Waals surface area contributed by atoms with Crippen LogP contribution in [-0.4, -0.2) is 39.8 Å². The first-order valence-corrected chi connectivity index (χ1v) is 7.25. The summed E-state index contributed by atoms with van der Waals surface area (Å²) in [5.41, 5.74) is 0.394. The molecular weight excluding hydrogens is 328 g/mol. The van der Waals surface area contributed by atoms with E-state index >= 15 is 0 Å². The van der Waals surface area contributed by atoms with Gasteiger partial charge in [-0.3, -0.25) is 9.89 Å². The lowest BCUT2D eigenvalue weighted by Gasteiger charge is -2.11. The van der Waals surface area contributed by atoms with Crippen LogP contribution in [0.3, 0.4) is 0 Å². The van der Waals surface area contributed by atoms with Crippen LogP contribution < -0.4 is 25.7 Å². The molecule has 0 bridgehead atoms. The molecule has 25 heavy (non-hydrogen) atoms. The van der Waals surface area contributed by atoms with Gasteiger partial charge in [0.05, 0.1) is 19.9 Å². The quantitative estimate of drug-likeness (QED) is 0.657. The van der Waals surface area contributed by atoms with E-state index < -0.39 is 11.6 Å². The van der Waals surface area contributed by atoms with Gasteiger partial charge in [-0.25, -0.2) is 14.8 Å². The molecule has 0 aliphatic rings. The second-order valence-electron chi connectivity index (χ2n) is 5.08. The molecule has 1 aromatic carbocycles. The molecule has 0 atom stereocenters. The van der Waals surface area contributed by atoms with Crippen LogP contribution in [0, 0.1) is 6.92 Å². The highest BCUT2D eigenvalue weighted by atomic mass is 16.5. The van der Waals surface area contributed by atoms with Crippen LogP contribution in [0.15, 0.2) is 29.3 Å². The lowest BCUT2D eigenvalue weighted by molar-refractivity contribution is 0.262. The van der Waals surface area contributed by atoms with Crippen LogP contribution >= 0.6 is 0 Å². The number of aryl methyl sites for hydroxylation is 1. The lowest BCUT2D eigenvalue weighted by Crippen LogP contribution is -2.28. The summed E-state index contributed by atoms with van der Waals surface area (Å²) in [4.78, 5) is 32.7. The van der Waals surface area contributed by atoms with Crippen LogP contribution in [0.1, 0.15) is 5.69 Å². The van der Waals surface area contributed by atoms with Crippen LogP contribution in [-0.2, 0) is 0 Å². The van der Waals surface area contributed by atoms with Crippen LogP contribution in [0.5, 0.6) is 11.5 Å². The van der Waals surface area contributed by atoms with Crippen molar-refractivity contribution in [1.29, 1.82) is 0 Å². The molecule has 0 aliphatic carbocycles. The number of amides is 2. The zero-order chi connectivity index (χ0) is 18.0. The third-order valence-electron chi connectivity index (χ3n) is 3.46. The zero-order valence-corrected chi connectivity index (χ0v) is 13.8. The lowest BCUT2D eigenvalue weighted by atomic mass is 10.3. The number of hydrogen-bond acceptors (Lipinski definition) is 6. The fourth-order valence-corrected chi connectivity index (χ4v) is 2.26. The molecule has 10 heteroatoms. The summed E-state index contributed by atoms with van der Waals surface area (Å²) in [6.45, 7) is 1.61. The molecule has 3 aromatic rings. The van der Waals surface area contributed by atoms with Crippen LogP contribution in [0.4, 0.5) is 16.2 Å². The van der Waals surface area contributed by atoms with Crippen molar-refractivity contribution in [3.8, 4) is 11.5 Å². The van der Waals surface area contributed by atoms with E-state index in [0.29, 0.717) is 22.9 Å². The Bertz CT molecular complexity index is 971. The highest BCUT2D eigenvalue weighted by Gasteiger charge is 2.14. The molecule has 0 saturated carbocycles. The number of hydrogen-bond donors (Lipinski definition) is 3. The largest absolute Gasteiger partial charge is 0.497 e. The van der Waals surface area contributed by atoms with Crippen molar-refractivity contribution in [1.82, 2.24) is 19.6 Å². The Kier molecular flexibility index (Phi) is 4.25. The van der Waals surface area contributed by atoms with Gasteiger partial charge in [0.15, 0.2) is 0 Å². The molecule has 0 spiro atoms. The van der Waals surface area contributed by atoms with Crippen LogP contribution in [0.2, 0.25) is 0 Å². The van der Waals surface area contributed by atoms with Crippen molar-refractivity contribution in [2.75, 3.05) is 24.9 Å². The molecule has 0 saturated heterocycles. The predicted molar refractivity (Wildman–Crippen MR) is 90.5 cm³/mol. The Hall–Kier alpha value is -3.56. The zero-order valence-electron chi connectivity index (χ0n) is 13.8. The number of nitrogens with one attached hydrogen (secondary N) is 3. The van der Waals surface area contributed by atoms with Crippen molar-refractivity contribution in [3.63, 3.8) is 0 Å². The van der Waals surface area contributed by atoms with Gasteiger partial charge in [-0.2, -0.15) is 4.52 Å². The number of anilines is 2. The molecule has 130 valence electrons. The third kappa shape index (κ3) is 3.22. The maximum atomic E-state index is 12.4. The molecule has 3 N–H and O–H groups in total. The van der Waals surface area contributed by atoms with Gasteiger partial charge < -0.3 is 20.1 Å². The Balaban J connectivity index is 1.85. The highest BCUT2D eigenvalue weighted by molar-refractivity contribution is 6.00. The Labute approximate surface area is 141 Å². The number of aromatic amines is 1. The molecule has 10 nitrogen and oxygen atoms in total. The average molecular weight is 344 g/mol. The monoisotopic (exact) mass is 344 g/mol. The average Bonchev–Trinajstić information content (AvgIpc) is 3.06. The Morgan fingerprint density at radius 3 is 2.48 bits per heavy atom. The number of benzene rings is 1. The van der Waals surface area contributed by atoms with Crippen molar-refractivity contribution in [3.05, 3.63) is 40.6 Å². The number of fused-ring (bicyclic) bond motifs is 1. The van der Waals surface area contributed by atoms with Crippen molar-refractivity contribution in [2.24, 2.45) is 0 Å². The summed E-state index contributed by atoms with van der Waals surface area (Å²) in [5.74, 6) is 1.27. The topological polar surface area (TPSA) is 123 Å². The van der Waals surface area contributed by atoms with Gasteiger partial charge in [0.25, 0.3) is 11.3 Å². The van der Waals surface area contributed by atoms with Gasteiger partial charge in [0.1, 0.15) is 23.5 Å². The molecule has 0 aliphatic heterocycles. The van der Waals surface area contributed by atoms with Crippen molar-refractivity contribution < 1.29 is 14.3 Å². The predicted octanol–water partition coefficient (Wildman–Crippen LogP) is 1.39. The third-order valence-corrected chi connectivity index (χ3v) is 3.46. The first-order chi connectivity index (χ1) is 12.0. The second-order valence-corrected chi connectivity index (χ2v) is 5.08. The van der Waals surface area contributed by atoms with Gasteiger partial charge in [-0.05, 0) is 6.92 Å². The molecule has 2 amide bonds. The van der Waals surface area contributed by atoms with E-state index in [9.17, 15) is 9.59 Å². The number of carbonyl (C=O) groups is 1. The summed E-state index contributed by atoms with van der Waals surface area (Å²) in [6.07, 6.45) is 1.34. The minimum atomic E-state index is -0.600. The normalized spacial score (nSPS) is 10.5. The van der Waals surface area contributed by atoms with Crippen molar-refractivity contribution in [2.45, 2.75) is 6.92 Å². The number of ether oxygens (including phenoxy) is 2. The molecule has 2 aromatic heterocycles. The summed E-state index contributed by atoms with van der Waals surface area (Å²) >= 11 is 0. The number of carbonyl (C=O) groups excluding carboxylic acids is 1. The number of H-pyrrole nitrogens is 1. The van der Waals surface area contributed by atoms with Gasteiger partial charge in [0.2, 0.25) is 0 Å². The minimum Gasteiger partial charge on any atom is -0.497 e. The summed E-state index contributed by atoms with van der Waals surface area (Å²) in [6, 6.07) is 4.32. The smallest absolute Gasteiger partial charge is 0.323 e. The molecule has 0 fully saturated rings. The highest BCUT2D eigenvalue weighted by Crippen LogP contribution is 2.25. The molecule has 0 unspecified atom stereocenters. The van der Waals surface area contributed by atoms with E-state index in [1.165, 1.54) is 20.5 Å². The van der Waals surface area contributed by atoms with Crippen LogP contribution in [0.25, 0.3) is 5.78 Å². The summed E-state index contributed by atoms with van der Waals surface area (Å²) in [7, 11) is 3.02. The van der Waals surface area contributed by atoms with E-state index in [0.717, 1.165) is 4.52 Å². The number of methoxy groups -OCH3 is 2. The second kappa shape index (κ2) is 6.51. The SMILES string of the molecule is COc1cc(NC(=O)Nc2c(C)nc3nc[nH]n3c2=O)cc(OC)c1. The molecule has 0 radical (unpaired) electrons. The van der Waals surface area contributed by atoms with E-state index in [1.807, 2.05) is 0 Å². The van der Waals surface area contributed by atoms with E-state index in [4.69, 9.17) is 9.47 Å². The summed E-state index contributed by atoms with van der Waals surface area (Å²) in [5, 5.41) is 7.77.